The lowest BCUT2D eigenvalue weighted by Crippen LogP contribution is -2.25. The number of hydrazone groups is 1. The van der Waals surface area contributed by atoms with Crippen molar-refractivity contribution in [2.45, 2.75) is 53.4 Å². The molecule has 1 amide bonds. The second kappa shape index (κ2) is 11.0. The summed E-state index contributed by atoms with van der Waals surface area (Å²) >= 11 is 0. The number of nitrogens with zero attached hydrogens (tertiary/aromatic N) is 1. The molecule has 0 aliphatic heterocycles. The van der Waals surface area contributed by atoms with Crippen molar-refractivity contribution in [2.75, 3.05) is 20.3 Å². The lowest BCUT2D eigenvalue weighted by Gasteiger charge is -2.33. The van der Waals surface area contributed by atoms with Crippen molar-refractivity contribution in [3.8, 4) is 17.2 Å². The van der Waals surface area contributed by atoms with Crippen LogP contribution in [0.2, 0.25) is 0 Å². The first-order chi connectivity index (χ1) is 15.0. The van der Waals surface area contributed by atoms with Gasteiger partial charge < -0.3 is 14.2 Å². The quantitative estimate of drug-likeness (QED) is 0.400. The van der Waals surface area contributed by atoms with Crippen LogP contribution in [0.4, 0.5) is 0 Å². The predicted octanol–water partition coefficient (Wildman–Crippen LogP) is 5.34. The predicted molar refractivity (Wildman–Crippen MR) is 129 cm³/mol. The van der Waals surface area contributed by atoms with Gasteiger partial charge in [-0.2, -0.15) is 5.10 Å². The number of carbonyl (C=O) groups is 1. The average Bonchev–Trinajstić information content (AvgIpc) is 2.72. The van der Waals surface area contributed by atoms with Crippen molar-refractivity contribution in [2.24, 2.45) is 10.5 Å². The zero-order valence-corrected chi connectivity index (χ0v) is 20.3. The molecule has 2 aromatic carbocycles. The number of methoxy groups -OCH3 is 1. The summed E-state index contributed by atoms with van der Waals surface area (Å²) in [6.07, 6.45) is 2.61. The summed E-state index contributed by atoms with van der Waals surface area (Å²) in [5, 5.41) is 3.98. The SMILES string of the molecule is CCOc1ccc(/C=N/NC(=O)COc2ccc(C(C)(C)CC(C)(C)C)cc2)cc1OC. The maximum atomic E-state index is 12.1. The van der Waals surface area contributed by atoms with Gasteiger partial charge in [-0.25, -0.2) is 5.43 Å². The van der Waals surface area contributed by atoms with Crippen LogP contribution in [0.3, 0.4) is 0 Å². The fourth-order valence-electron chi connectivity index (χ4n) is 3.83. The molecule has 0 saturated carbocycles. The van der Waals surface area contributed by atoms with Gasteiger partial charge in [0, 0.05) is 0 Å². The molecule has 1 N–H and O–H groups in total. The van der Waals surface area contributed by atoms with E-state index in [2.05, 4.69) is 57.3 Å². The minimum atomic E-state index is -0.337. The Balaban J connectivity index is 1.87. The van der Waals surface area contributed by atoms with Gasteiger partial charge in [-0.1, -0.05) is 46.8 Å². The lowest BCUT2D eigenvalue weighted by atomic mass is 9.72. The van der Waals surface area contributed by atoms with Gasteiger partial charge in [-0.15, -0.1) is 0 Å². The molecular weight excluding hydrogens is 404 g/mol. The van der Waals surface area contributed by atoms with Gasteiger partial charge in [0.05, 0.1) is 19.9 Å². The Hall–Kier alpha value is -3.02. The van der Waals surface area contributed by atoms with E-state index in [4.69, 9.17) is 14.2 Å². The Morgan fingerprint density at radius 2 is 1.69 bits per heavy atom. The van der Waals surface area contributed by atoms with Gasteiger partial charge in [-0.05, 0) is 65.6 Å². The number of hydrogen-bond donors (Lipinski definition) is 1. The highest BCUT2D eigenvalue weighted by atomic mass is 16.5. The Morgan fingerprint density at radius 3 is 2.28 bits per heavy atom. The first-order valence-electron chi connectivity index (χ1n) is 10.9. The fourth-order valence-corrected chi connectivity index (χ4v) is 3.83. The molecule has 2 aromatic rings. The zero-order valence-electron chi connectivity index (χ0n) is 20.3. The van der Waals surface area contributed by atoms with Crippen molar-refractivity contribution < 1.29 is 19.0 Å². The van der Waals surface area contributed by atoms with Crippen molar-refractivity contribution >= 4 is 12.1 Å². The number of hydrogen-bond acceptors (Lipinski definition) is 5. The molecule has 0 radical (unpaired) electrons. The maximum Gasteiger partial charge on any atom is 0.277 e. The van der Waals surface area contributed by atoms with Crippen LogP contribution < -0.4 is 19.6 Å². The van der Waals surface area contributed by atoms with Crippen LogP contribution in [0.25, 0.3) is 0 Å². The van der Waals surface area contributed by atoms with E-state index in [1.807, 2.05) is 25.1 Å². The third kappa shape index (κ3) is 7.91. The van der Waals surface area contributed by atoms with Gasteiger partial charge in [0.25, 0.3) is 5.91 Å². The van der Waals surface area contributed by atoms with Gasteiger partial charge in [0.2, 0.25) is 0 Å². The van der Waals surface area contributed by atoms with E-state index in [1.165, 1.54) is 5.56 Å². The van der Waals surface area contributed by atoms with Crippen LogP contribution in [-0.2, 0) is 10.2 Å². The molecule has 0 saturated heterocycles. The summed E-state index contributed by atoms with van der Waals surface area (Å²) in [4.78, 5) is 12.1. The number of benzene rings is 2. The molecule has 0 spiro atoms. The molecule has 0 atom stereocenters. The van der Waals surface area contributed by atoms with Crippen LogP contribution in [0, 0.1) is 5.41 Å². The van der Waals surface area contributed by atoms with E-state index in [9.17, 15) is 4.79 Å². The van der Waals surface area contributed by atoms with E-state index in [1.54, 1.807) is 25.5 Å². The highest BCUT2D eigenvalue weighted by Crippen LogP contribution is 2.36. The molecule has 0 aliphatic carbocycles. The third-order valence-electron chi connectivity index (χ3n) is 4.87. The minimum absolute atomic E-state index is 0.0619. The van der Waals surface area contributed by atoms with Crippen molar-refractivity contribution in [1.82, 2.24) is 5.43 Å². The van der Waals surface area contributed by atoms with Crippen LogP contribution in [0.15, 0.2) is 47.6 Å². The molecule has 2 rings (SSSR count). The molecule has 0 fully saturated rings. The Labute approximate surface area is 192 Å². The van der Waals surface area contributed by atoms with E-state index in [-0.39, 0.29) is 23.3 Å². The van der Waals surface area contributed by atoms with Gasteiger partial charge in [0.15, 0.2) is 18.1 Å². The summed E-state index contributed by atoms with van der Waals surface area (Å²) in [6.45, 7) is 13.6. The van der Waals surface area contributed by atoms with Gasteiger partial charge >= 0.3 is 0 Å². The smallest absolute Gasteiger partial charge is 0.277 e. The standard InChI is InChI=1S/C26H36N2O4/c1-8-31-22-14-9-19(15-23(22)30-7)16-27-28-24(29)17-32-21-12-10-20(11-13-21)26(5,6)18-25(2,3)4/h9-16H,8,17-18H2,1-7H3,(H,28,29)/b27-16+. The molecule has 174 valence electrons. The first kappa shape index (κ1) is 25.2. The van der Waals surface area contributed by atoms with E-state index < -0.39 is 0 Å². The first-order valence-corrected chi connectivity index (χ1v) is 10.9. The van der Waals surface area contributed by atoms with E-state index >= 15 is 0 Å². The number of ether oxygens (including phenoxy) is 3. The van der Waals surface area contributed by atoms with Gasteiger partial charge in [-0.3, -0.25) is 4.79 Å². The topological polar surface area (TPSA) is 69.2 Å². The van der Waals surface area contributed by atoms with E-state index in [0.29, 0.717) is 23.9 Å². The largest absolute Gasteiger partial charge is 0.493 e. The van der Waals surface area contributed by atoms with Crippen LogP contribution in [0.1, 0.15) is 59.1 Å². The van der Waals surface area contributed by atoms with Gasteiger partial charge in [0.1, 0.15) is 5.75 Å². The highest BCUT2D eigenvalue weighted by molar-refractivity contribution is 5.83. The third-order valence-corrected chi connectivity index (χ3v) is 4.87. The lowest BCUT2D eigenvalue weighted by molar-refractivity contribution is -0.123. The van der Waals surface area contributed by atoms with Crippen LogP contribution in [0.5, 0.6) is 17.2 Å². The summed E-state index contributed by atoms with van der Waals surface area (Å²) in [5.74, 6) is 1.59. The van der Waals surface area contributed by atoms with Crippen molar-refractivity contribution in [1.29, 1.82) is 0 Å². The number of carbonyl (C=O) groups excluding carboxylic acids is 1. The van der Waals surface area contributed by atoms with Crippen molar-refractivity contribution in [3.05, 3.63) is 53.6 Å². The van der Waals surface area contributed by atoms with E-state index in [0.717, 1.165) is 12.0 Å². The summed E-state index contributed by atoms with van der Waals surface area (Å²) < 4.78 is 16.4. The second-order valence-corrected chi connectivity index (χ2v) is 9.57. The Morgan fingerprint density at radius 1 is 1.00 bits per heavy atom. The monoisotopic (exact) mass is 440 g/mol. The minimum Gasteiger partial charge on any atom is -0.493 e. The van der Waals surface area contributed by atoms with Crippen LogP contribution in [-0.4, -0.2) is 32.4 Å². The number of amides is 1. The normalized spacial score (nSPS) is 12.0. The fraction of sp³-hybridized carbons (Fsp3) is 0.462. The zero-order chi connectivity index (χ0) is 23.8. The molecule has 0 bridgehead atoms. The summed E-state index contributed by atoms with van der Waals surface area (Å²) in [7, 11) is 1.58. The molecule has 6 heteroatoms. The molecular formula is C26H36N2O4. The number of nitrogens with one attached hydrogen (secondary N) is 1. The maximum absolute atomic E-state index is 12.1. The molecule has 0 aromatic heterocycles. The summed E-state index contributed by atoms with van der Waals surface area (Å²) in [6, 6.07) is 13.4. The molecule has 0 unspecified atom stereocenters. The Kier molecular flexibility index (Phi) is 8.70. The number of rotatable bonds is 10. The highest BCUT2D eigenvalue weighted by Gasteiger charge is 2.27. The molecule has 6 nitrogen and oxygen atoms in total. The molecule has 0 aliphatic rings. The summed E-state index contributed by atoms with van der Waals surface area (Å²) in [5.41, 5.74) is 4.81. The average molecular weight is 441 g/mol. The Bertz CT molecular complexity index is 912. The van der Waals surface area contributed by atoms with Crippen molar-refractivity contribution in [3.63, 3.8) is 0 Å². The second-order valence-electron chi connectivity index (χ2n) is 9.57. The molecule has 32 heavy (non-hydrogen) atoms. The molecule has 0 heterocycles. The van der Waals surface area contributed by atoms with Crippen LogP contribution >= 0.6 is 0 Å².